The number of amides is 2. The van der Waals surface area contributed by atoms with Gasteiger partial charge in [0.1, 0.15) is 5.69 Å². The van der Waals surface area contributed by atoms with Gasteiger partial charge < -0.3 is 11.5 Å². The van der Waals surface area contributed by atoms with Gasteiger partial charge in [0.2, 0.25) is 11.8 Å². The second-order valence-corrected chi connectivity index (χ2v) is 4.91. The Balaban J connectivity index is 1.97. The molecule has 23 heavy (non-hydrogen) atoms. The first-order chi connectivity index (χ1) is 11.0. The van der Waals surface area contributed by atoms with Crippen molar-refractivity contribution >= 4 is 11.8 Å². The molecule has 0 aliphatic carbocycles. The van der Waals surface area contributed by atoms with Gasteiger partial charge in [0, 0.05) is 16.7 Å². The van der Waals surface area contributed by atoms with Crippen LogP contribution in [0, 0.1) is 0 Å². The molecule has 0 bridgehead atoms. The Morgan fingerprint density at radius 1 is 0.913 bits per heavy atom. The van der Waals surface area contributed by atoms with Gasteiger partial charge in [-0.1, -0.05) is 23.4 Å². The fraction of sp³-hybridized carbons (Fsp3) is 0. The fourth-order valence-electron chi connectivity index (χ4n) is 2.16. The predicted octanol–water partition coefficient (Wildman–Crippen LogP) is 1.13. The molecular weight excluding hydrogens is 294 g/mol. The van der Waals surface area contributed by atoms with E-state index in [0.29, 0.717) is 22.5 Å². The van der Waals surface area contributed by atoms with Gasteiger partial charge in [0.15, 0.2) is 0 Å². The maximum absolute atomic E-state index is 11.2. The van der Waals surface area contributed by atoms with Crippen LogP contribution in [0.2, 0.25) is 0 Å². The molecule has 0 aliphatic heterocycles. The molecule has 0 spiro atoms. The highest BCUT2D eigenvalue weighted by Crippen LogP contribution is 2.19. The first-order valence-electron chi connectivity index (χ1n) is 6.77. The van der Waals surface area contributed by atoms with E-state index in [-0.39, 0.29) is 0 Å². The Morgan fingerprint density at radius 3 is 2.26 bits per heavy atom. The molecule has 0 unspecified atom stereocenters. The summed E-state index contributed by atoms with van der Waals surface area (Å²) in [7, 11) is 0. The van der Waals surface area contributed by atoms with Gasteiger partial charge in [0.25, 0.3) is 0 Å². The average Bonchev–Trinajstić information content (AvgIpc) is 3.05. The summed E-state index contributed by atoms with van der Waals surface area (Å²) < 4.78 is 1.53. The van der Waals surface area contributed by atoms with Gasteiger partial charge in [-0.3, -0.25) is 9.59 Å². The van der Waals surface area contributed by atoms with E-state index in [1.54, 1.807) is 54.7 Å². The van der Waals surface area contributed by atoms with E-state index in [9.17, 15) is 9.59 Å². The third-order valence-corrected chi connectivity index (χ3v) is 3.33. The average molecular weight is 307 g/mol. The molecule has 7 heteroatoms. The number of rotatable bonds is 4. The maximum atomic E-state index is 11.2. The molecule has 0 saturated heterocycles. The minimum atomic E-state index is -0.513. The van der Waals surface area contributed by atoms with E-state index < -0.39 is 11.8 Å². The zero-order valence-corrected chi connectivity index (χ0v) is 12.0. The largest absolute Gasteiger partial charge is 0.366 e. The Labute approximate surface area is 131 Å². The van der Waals surface area contributed by atoms with Crippen LogP contribution in [0.25, 0.3) is 16.9 Å². The molecule has 7 nitrogen and oxygen atoms in total. The number of carbonyl (C=O) groups excluding carboxylic acids is 2. The van der Waals surface area contributed by atoms with Gasteiger partial charge in [0.05, 0.1) is 11.9 Å². The molecule has 3 aromatic rings. The van der Waals surface area contributed by atoms with Gasteiger partial charge in [-0.25, -0.2) is 4.68 Å². The molecule has 114 valence electrons. The van der Waals surface area contributed by atoms with E-state index >= 15 is 0 Å². The lowest BCUT2D eigenvalue weighted by molar-refractivity contribution is 0.0992. The van der Waals surface area contributed by atoms with E-state index in [1.807, 2.05) is 0 Å². The van der Waals surface area contributed by atoms with Crippen molar-refractivity contribution in [1.82, 2.24) is 15.0 Å². The van der Waals surface area contributed by atoms with E-state index in [1.165, 1.54) is 4.68 Å². The Kier molecular flexibility index (Phi) is 3.60. The van der Waals surface area contributed by atoms with Crippen molar-refractivity contribution in [3.05, 3.63) is 65.9 Å². The van der Waals surface area contributed by atoms with Crippen molar-refractivity contribution in [2.75, 3.05) is 0 Å². The molecule has 1 heterocycles. The van der Waals surface area contributed by atoms with E-state index in [0.717, 1.165) is 5.56 Å². The van der Waals surface area contributed by atoms with Crippen LogP contribution in [0.3, 0.4) is 0 Å². The summed E-state index contributed by atoms with van der Waals surface area (Å²) in [5.41, 5.74) is 13.3. The van der Waals surface area contributed by atoms with Crippen LogP contribution in [0.1, 0.15) is 20.7 Å². The summed E-state index contributed by atoms with van der Waals surface area (Å²) in [6.07, 6.45) is 1.69. The normalized spacial score (nSPS) is 10.4. The summed E-state index contributed by atoms with van der Waals surface area (Å²) in [6.45, 7) is 0. The van der Waals surface area contributed by atoms with Crippen LogP contribution in [0.4, 0.5) is 0 Å². The second kappa shape index (κ2) is 5.72. The highest BCUT2D eigenvalue weighted by atomic mass is 16.1. The van der Waals surface area contributed by atoms with Gasteiger partial charge in [-0.05, 0) is 30.3 Å². The smallest absolute Gasteiger partial charge is 0.248 e. The zero-order valence-electron chi connectivity index (χ0n) is 12.0. The summed E-state index contributed by atoms with van der Waals surface area (Å²) in [5, 5.41) is 8.12. The van der Waals surface area contributed by atoms with Crippen molar-refractivity contribution in [3.63, 3.8) is 0 Å². The molecule has 0 saturated carbocycles. The van der Waals surface area contributed by atoms with Crippen LogP contribution in [0.5, 0.6) is 0 Å². The molecule has 0 atom stereocenters. The zero-order chi connectivity index (χ0) is 16.4. The summed E-state index contributed by atoms with van der Waals surface area (Å²) in [4.78, 5) is 22.5. The lowest BCUT2D eigenvalue weighted by Gasteiger charge is -2.02. The monoisotopic (exact) mass is 307 g/mol. The molecule has 2 amide bonds. The minimum absolute atomic E-state index is 0.385. The van der Waals surface area contributed by atoms with Gasteiger partial charge in [-0.2, -0.15) is 0 Å². The first kappa shape index (κ1) is 14.5. The summed E-state index contributed by atoms with van der Waals surface area (Å²) >= 11 is 0. The number of nitrogens with zero attached hydrogens (tertiary/aromatic N) is 3. The van der Waals surface area contributed by atoms with Crippen LogP contribution >= 0.6 is 0 Å². The SMILES string of the molecule is NC(=O)c1cccc(-c2cn(-c3cccc(C(N)=O)c3)nn2)c1. The molecule has 1 aromatic heterocycles. The second-order valence-electron chi connectivity index (χ2n) is 4.91. The number of nitrogens with two attached hydrogens (primary N) is 2. The quantitative estimate of drug-likeness (QED) is 0.751. The molecule has 2 aromatic carbocycles. The highest BCUT2D eigenvalue weighted by Gasteiger charge is 2.09. The van der Waals surface area contributed by atoms with Crippen molar-refractivity contribution in [2.24, 2.45) is 11.5 Å². The molecule has 3 rings (SSSR count). The number of aromatic nitrogens is 3. The fourth-order valence-corrected chi connectivity index (χ4v) is 2.16. The highest BCUT2D eigenvalue weighted by molar-refractivity contribution is 5.94. The van der Waals surface area contributed by atoms with Crippen LogP contribution < -0.4 is 11.5 Å². The Morgan fingerprint density at radius 2 is 1.57 bits per heavy atom. The predicted molar refractivity (Wildman–Crippen MR) is 83.8 cm³/mol. The van der Waals surface area contributed by atoms with Crippen LogP contribution in [-0.4, -0.2) is 26.8 Å². The van der Waals surface area contributed by atoms with Crippen molar-refractivity contribution < 1.29 is 9.59 Å². The van der Waals surface area contributed by atoms with Crippen molar-refractivity contribution in [2.45, 2.75) is 0 Å². The lowest BCUT2D eigenvalue weighted by Crippen LogP contribution is -2.11. The molecule has 0 fully saturated rings. The lowest BCUT2D eigenvalue weighted by atomic mass is 10.1. The number of benzene rings is 2. The number of hydrogen-bond acceptors (Lipinski definition) is 4. The van der Waals surface area contributed by atoms with Gasteiger partial charge in [-0.15, -0.1) is 5.10 Å². The third kappa shape index (κ3) is 2.93. The van der Waals surface area contributed by atoms with Gasteiger partial charge >= 0.3 is 0 Å². The maximum Gasteiger partial charge on any atom is 0.248 e. The van der Waals surface area contributed by atoms with Crippen molar-refractivity contribution in [1.29, 1.82) is 0 Å². The molecule has 0 radical (unpaired) electrons. The number of hydrogen-bond donors (Lipinski definition) is 2. The van der Waals surface area contributed by atoms with Crippen LogP contribution in [0.15, 0.2) is 54.7 Å². The Bertz CT molecular complexity index is 829. The minimum Gasteiger partial charge on any atom is -0.366 e. The van der Waals surface area contributed by atoms with Crippen molar-refractivity contribution in [3.8, 4) is 16.9 Å². The molecule has 0 aliphatic rings. The number of primary amides is 2. The first-order valence-corrected chi connectivity index (χ1v) is 6.77. The van der Waals surface area contributed by atoms with E-state index in [2.05, 4.69) is 10.3 Å². The summed E-state index contributed by atoms with van der Waals surface area (Å²) in [5.74, 6) is -1.02. The molecular formula is C16H13N5O2. The number of carbonyl (C=O) groups is 2. The van der Waals surface area contributed by atoms with Crippen LogP contribution in [-0.2, 0) is 0 Å². The Hall–Kier alpha value is -3.48. The van der Waals surface area contributed by atoms with E-state index in [4.69, 9.17) is 11.5 Å². The summed E-state index contributed by atoms with van der Waals surface area (Å²) in [6, 6.07) is 13.6. The topological polar surface area (TPSA) is 117 Å². The standard InChI is InChI=1S/C16H13N5O2/c17-15(22)11-4-1-3-10(7-11)14-9-21(20-19-14)13-6-2-5-12(8-13)16(18)23/h1-9H,(H2,17,22)(H2,18,23). The third-order valence-electron chi connectivity index (χ3n) is 3.33. The molecule has 4 N–H and O–H groups in total.